The van der Waals surface area contributed by atoms with E-state index in [9.17, 15) is 8.42 Å². The van der Waals surface area contributed by atoms with Gasteiger partial charge >= 0.3 is 0 Å². The van der Waals surface area contributed by atoms with Gasteiger partial charge in [0.1, 0.15) is 0 Å². The molecule has 5 nitrogen and oxygen atoms in total. The molecular formula is C8H18N2O3S. The van der Waals surface area contributed by atoms with Crippen LogP contribution in [0.2, 0.25) is 0 Å². The van der Waals surface area contributed by atoms with Crippen LogP contribution in [0.1, 0.15) is 12.8 Å². The van der Waals surface area contributed by atoms with E-state index < -0.39 is 10.0 Å². The van der Waals surface area contributed by atoms with E-state index in [1.54, 1.807) is 0 Å². The molecule has 1 fully saturated rings. The predicted molar refractivity (Wildman–Crippen MR) is 54.7 cm³/mol. The van der Waals surface area contributed by atoms with Crippen LogP contribution in [0.5, 0.6) is 0 Å². The highest BCUT2D eigenvalue weighted by atomic mass is 32.2. The Morgan fingerprint density at radius 1 is 1.36 bits per heavy atom. The monoisotopic (exact) mass is 222 g/mol. The van der Waals surface area contributed by atoms with E-state index >= 15 is 0 Å². The van der Waals surface area contributed by atoms with Gasteiger partial charge in [0.05, 0.1) is 5.75 Å². The quantitative estimate of drug-likeness (QED) is 0.646. The van der Waals surface area contributed by atoms with E-state index in [0.29, 0.717) is 12.6 Å². The summed E-state index contributed by atoms with van der Waals surface area (Å²) in [7, 11) is -1.63. The lowest BCUT2D eigenvalue weighted by atomic mass is 10.1. The summed E-state index contributed by atoms with van der Waals surface area (Å²) < 4.78 is 29.6. The minimum Gasteiger partial charge on any atom is -0.381 e. The zero-order valence-electron chi connectivity index (χ0n) is 8.45. The maximum Gasteiger partial charge on any atom is 0.212 e. The molecule has 0 bridgehead atoms. The lowest BCUT2D eigenvalue weighted by molar-refractivity contribution is 0.0785. The Balaban J connectivity index is 2.14. The van der Waals surface area contributed by atoms with Crippen LogP contribution in [0.25, 0.3) is 0 Å². The number of sulfonamides is 1. The molecule has 2 N–H and O–H groups in total. The van der Waals surface area contributed by atoms with Crippen LogP contribution in [0.3, 0.4) is 0 Å². The fourth-order valence-corrected chi connectivity index (χ4v) is 1.99. The molecule has 1 rings (SSSR count). The average molecular weight is 222 g/mol. The lowest BCUT2D eigenvalue weighted by Gasteiger charge is -2.23. The van der Waals surface area contributed by atoms with Crippen molar-refractivity contribution in [2.24, 2.45) is 0 Å². The molecule has 0 spiro atoms. The Kier molecular flexibility index (Phi) is 4.80. The fraction of sp³-hybridized carbons (Fsp3) is 1.00. The van der Waals surface area contributed by atoms with E-state index in [1.807, 2.05) is 0 Å². The van der Waals surface area contributed by atoms with Gasteiger partial charge in [-0.25, -0.2) is 13.1 Å². The minimum absolute atomic E-state index is 0.140. The van der Waals surface area contributed by atoms with Gasteiger partial charge < -0.3 is 10.1 Å². The summed E-state index contributed by atoms with van der Waals surface area (Å²) in [6, 6.07) is 0.413. The molecular weight excluding hydrogens is 204 g/mol. The summed E-state index contributed by atoms with van der Waals surface area (Å²) in [5, 5.41) is 3.21. The van der Waals surface area contributed by atoms with Crippen LogP contribution >= 0.6 is 0 Å². The van der Waals surface area contributed by atoms with Crippen LogP contribution in [-0.4, -0.2) is 47.0 Å². The molecule has 84 valence electrons. The van der Waals surface area contributed by atoms with Crippen molar-refractivity contribution in [3.8, 4) is 0 Å². The van der Waals surface area contributed by atoms with E-state index in [4.69, 9.17) is 4.74 Å². The van der Waals surface area contributed by atoms with Crippen LogP contribution in [0, 0.1) is 0 Å². The second-order valence-electron chi connectivity index (χ2n) is 3.36. The minimum atomic E-state index is -3.06. The van der Waals surface area contributed by atoms with Crippen molar-refractivity contribution in [1.82, 2.24) is 10.0 Å². The van der Waals surface area contributed by atoms with Crippen LogP contribution in [0.15, 0.2) is 0 Å². The van der Waals surface area contributed by atoms with Crippen molar-refractivity contribution in [3.63, 3.8) is 0 Å². The molecule has 1 aliphatic heterocycles. The Labute approximate surface area is 85.3 Å². The first-order chi connectivity index (χ1) is 6.64. The summed E-state index contributed by atoms with van der Waals surface area (Å²) in [5.41, 5.74) is 0. The van der Waals surface area contributed by atoms with Crippen molar-refractivity contribution >= 4 is 10.0 Å². The van der Waals surface area contributed by atoms with Gasteiger partial charge in [-0.3, -0.25) is 0 Å². The number of hydrogen-bond acceptors (Lipinski definition) is 4. The van der Waals surface area contributed by atoms with Gasteiger partial charge in [0, 0.05) is 25.8 Å². The summed E-state index contributed by atoms with van der Waals surface area (Å²) in [4.78, 5) is 0. The largest absolute Gasteiger partial charge is 0.381 e. The van der Waals surface area contributed by atoms with E-state index in [0.717, 1.165) is 26.1 Å². The molecule has 1 heterocycles. The molecule has 0 aromatic rings. The maximum atomic E-state index is 11.1. The smallest absolute Gasteiger partial charge is 0.212 e. The zero-order chi connectivity index (χ0) is 10.4. The molecule has 0 amide bonds. The molecule has 6 heteroatoms. The predicted octanol–water partition coefficient (Wildman–Crippen LogP) is -0.696. The van der Waals surface area contributed by atoms with E-state index in [-0.39, 0.29) is 5.75 Å². The number of ether oxygens (including phenoxy) is 1. The van der Waals surface area contributed by atoms with Gasteiger partial charge in [0.2, 0.25) is 10.0 Å². The van der Waals surface area contributed by atoms with Gasteiger partial charge in [-0.1, -0.05) is 0 Å². The summed E-state index contributed by atoms with van der Waals surface area (Å²) in [6.07, 6.45) is 1.94. The van der Waals surface area contributed by atoms with Crippen molar-refractivity contribution in [3.05, 3.63) is 0 Å². The van der Waals surface area contributed by atoms with Crippen molar-refractivity contribution in [2.45, 2.75) is 18.9 Å². The first-order valence-corrected chi connectivity index (χ1v) is 6.51. The first kappa shape index (κ1) is 11.9. The van der Waals surface area contributed by atoms with Gasteiger partial charge in [0.15, 0.2) is 0 Å². The lowest BCUT2D eigenvalue weighted by Crippen LogP contribution is -2.38. The standard InChI is InChI=1S/C8H18N2O3S/c1-9-14(11,12)7-4-10-8-2-5-13-6-3-8/h8-10H,2-7H2,1H3. The Morgan fingerprint density at radius 3 is 2.57 bits per heavy atom. The Morgan fingerprint density at radius 2 is 2.00 bits per heavy atom. The zero-order valence-corrected chi connectivity index (χ0v) is 9.27. The SMILES string of the molecule is CNS(=O)(=O)CCNC1CCOCC1. The summed E-state index contributed by atoms with van der Waals surface area (Å²) >= 11 is 0. The molecule has 0 aromatic heterocycles. The van der Waals surface area contributed by atoms with Crippen molar-refractivity contribution in [1.29, 1.82) is 0 Å². The average Bonchev–Trinajstić information content (AvgIpc) is 2.19. The topological polar surface area (TPSA) is 67.4 Å². The van der Waals surface area contributed by atoms with Gasteiger partial charge in [-0.15, -0.1) is 0 Å². The fourth-order valence-electron chi connectivity index (χ4n) is 1.40. The van der Waals surface area contributed by atoms with Gasteiger partial charge in [0.25, 0.3) is 0 Å². The third kappa shape index (κ3) is 4.36. The van der Waals surface area contributed by atoms with E-state index in [1.165, 1.54) is 7.05 Å². The molecule has 0 atom stereocenters. The summed E-state index contributed by atoms with van der Waals surface area (Å²) in [6.45, 7) is 2.06. The molecule has 0 radical (unpaired) electrons. The second-order valence-corrected chi connectivity index (χ2v) is 5.41. The van der Waals surface area contributed by atoms with Crippen LogP contribution in [-0.2, 0) is 14.8 Å². The van der Waals surface area contributed by atoms with Crippen LogP contribution < -0.4 is 10.0 Å². The molecule has 0 aromatic carbocycles. The maximum absolute atomic E-state index is 11.1. The molecule has 0 unspecified atom stereocenters. The normalized spacial score (nSPS) is 19.8. The van der Waals surface area contributed by atoms with Crippen molar-refractivity contribution in [2.75, 3.05) is 32.6 Å². The van der Waals surface area contributed by atoms with Gasteiger partial charge in [-0.2, -0.15) is 0 Å². The number of rotatable bonds is 5. The molecule has 1 aliphatic rings. The van der Waals surface area contributed by atoms with Crippen molar-refractivity contribution < 1.29 is 13.2 Å². The number of nitrogens with one attached hydrogen (secondary N) is 2. The third-order valence-electron chi connectivity index (χ3n) is 2.34. The second kappa shape index (κ2) is 5.65. The highest BCUT2D eigenvalue weighted by molar-refractivity contribution is 7.89. The highest BCUT2D eigenvalue weighted by Crippen LogP contribution is 2.05. The Hall–Kier alpha value is -0.170. The first-order valence-electron chi connectivity index (χ1n) is 4.86. The van der Waals surface area contributed by atoms with E-state index in [2.05, 4.69) is 10.0 Å². The Bertz CT molecular complexity index is 247. The summed E-state index contributed by atoms with van der Waals surface area (Å²) in [5.74, 6) is 0.140. The molecule has 0 saturated carbocycles. The van der Waals surface area contributed by atoms with Gasteiger partial charge in [-0.05, 0) is 19.9 Å². The van der Waals surface area contributed by atoms with Crippen LogP contribution in [0.4, 0.5) is 0 Å². The molecule has 14 heavy (non-hydrogen) atoms. The molecule has 1 saturated heterocycles. The third-order valence-corrected chi connectivity index (χ3v) is 3.70. The highest BCUT2D eigenvalue weighted by Gasteiger charge is 2.14. The number of hydrogen-bond donors (Lipinski definition) is 2. The molecule has 0 aliphatic carbocycles.